The highest BCUT2D eigenvalue weighted by atomic mass is 35.5. The number of hydrogen-bond acceptors (Lipinski definition) is 4. The zero-order valence-electron chi connectivity index (χ0n) is 13.8. The van der Waals surface area contributed by atoms with Crippen molar-refractivity contribution < 1.29 is 19.1 Å². The number of esters is 1. The fourth-order valence-corrected chi connectivity index (χ4v) is 3.02. The second kappa shape index (κ2) is 6.76. The Hall–Kier alpha value is -2.54. The second-order valence-electron chi connectivity index (χ2n) is 6.18. The van der Waals surface area contributed by atoms with Gasteiger partial charge >= 0.3 is 12.0 Å². The SMILES string of the molecule is CC(C)NC(=O)CN1C(=O)N[C@@H](c2ccc(Cl)cc2)C2=C1COC2=O. The summed E-state index contributed by atoms with van der Waals surface area (Å²) >= 11 is 5.90. The first-order valence-corrected chi connectivity index (χ1v) is 8.27. The molecule has 0 spiro atoms. The molecule has 3 amide bonds. The van der Waals surface area contributed by atoms with Gasteiger partial charge in [0.15, 0.2) is 0 Å². The van der Waals surface area contributed by atoms with E-state index < -0.39 is 18.0 Å². The fraction of sp³-hybridized carbons (Fsp3) is 0.353. The Labute approximate surface area is 150 Å². The molecule has 2 aliphatic rings. The van der Waals surface area contributed by atoms with E-state index in [1.54, 1.807) is 24.3 Å². The van der Waals surface area contributed by atoms with Gasteiger partial charge in [-0.3, -0.25) is 9.69 Å². The van der Waals surface area contributed by atoms with Crippen molar-refractivity contribution in [2.24, 2.45) is 0 Å². The normalized spacial score (nSPS) is 19.7. The summed E-state index contributed by atoms with van der Waals surface area (Å²) in [6, 6.07) is 5.74. The van der Waals surface area contributed by atoms with Crippen LogP contribution in [0.2, 0.25) is 5.02 Å². The Kier molecular flexibility index (Phi) is 4.67. The molecule has 1 atom stereocenters. The van der Waals surface area contributed by atoms with Crippen molar-refractivity contribution in [1.82, 2.24) is 15.5 Å². The molecule has 1 aromatic rings. The highest BCUT2D eigenvalue weighted by Gasteiger charge is 2.42. The minimum absolute atomic E-state index is 0.0271. The lowest BCUT2D eigenvalue weighted by Gasteiger charge is -2.32. The van der Waals surface area contributed by atoms with Crippen molar-refractivity contribution in [3.05, 3.63) is 46.1 Å². The maximum atomic E-state index is 12.5. The molecule has 0 aromatic heterocycles. The van der Waals surface area contributed by atoms with Crippen LogP contribution in [0.3, 0.4) is 0 Å². The Balaban J connectivity index is 1.93. The van der Waals surface area contributed by atoms with Gasteiger partial charge < -0.3 is 15.4 Å². The van der Waals surface area contributed by atoms with Crippen LogP contribution in [0.1, 0.15) is 25.5 Å². The lowest BCUT2D eigenvalue weighted by Crippen LogP contribution is -2.51. The smallest absolute Gasteiger partial charge is 0.338 e. The second-order valence-corrected chi connectivity index (χ2v) is 6.62. The molecule has 25 heavy (non-hydrogen) atoms. The van der Waals surface area contributed by atoms with Crippen LogP contribution in [0.15, 0.2) is 35.5 Å². The van der Waals surface area contributed by atoms with Gasteiger partial charge in [0.2, 0.25) is 5.91 Å². The largest absolute Gasteiger partial charge is 0.456 e. The van der Waals surface area contributed by atoms with Crippen molar-refractivity contribution >= 4 is 29.5 Å². The highest BCUT2D eigenvalue weighted by molar-refractivity contribution is 6.30. The number of amides is 3. The molecule has 0 saturated heterocycles. The van der Waals surface area contributed by atoms with Crippen LogP contribution in [0, 0.1) is 0 Å². The standard InChI is InChI=1S/C17H18ClN3O4/c1-9(2)19-13(22)7-21-12-8-25-16(23)14(12)15(20-17(21)24)10-3-5-11(18)6-4-10/h3-6,9,15H,7-8H2,1-2H3,(H,19,22)(H,20,24)/t15-/m0/s1. The molecule has 3 rings (SSSR count). The lowest BCUT2D eigenvalue weighted by molar-refractivity contribution is -0.136. The molecular weight excluding hydrogens is 346 g/mol. The molecule has 0 radical (unpaired) electrons. The molecule has 0 aliphatic carbocycles. The maximum Gasteiger partial charge on any atom is 0.338 e. The summed E-state index contributed by atoms with van der Waals surface area (Å²) in [5.74, 6) is -0.800. The summed E-state index contributed by atoms with van der Waals surface area (Å²) in [5.41, 5.74) is 1.49. The van der Waals surface area contributed by atoms with Crippen molar-refractivity contribution in [3.63, 3.8) is 0 Å². The molecule has 7 nitrogen and oxygen atoms in total. The predicted octanol–water partition coefficient (Wildman–Crippen LogP) is 1.74. The minimum Gasteiger partial charge on any atom is -0.456 e. The van der Waals surface area contributed by atoms with E-state index in [9.17, 15) is 14.4 Å². The molecule has 1 aromatic carbocycles. The first-order valence-electron chi connectivity index (χ1n) is 7.90. The molecule has 8 heteroatoms. The van der Waals surface area contributed by atoms with Crippen LogP contribution >= 0.6 is 11.6 Å². The number of benzene rings is 1. The number of hydrogen-bond donors (Lipinski definition) is 2. The summed E-state index contributed by atoms with van der Waals surface area (Å²) in [7, 11) is 0. The monoisotopic (exact) mass is 363 g/mol. The van der Waals surface area contributed by atoms with Crippen LogP contribution in [0.25, 0.3) is 0 Å². The molecule has 0 saturated carbocycles. The van der Waals surface area contributed by atoms with Crippen molar-refractivity contribution in [2.75, 3.05) is 13.2 Å². The Morgan fingerprint density at radius 3 is 2.68 bits per heavy atom. The third kappa shape index (κ3) is 3.46. The summed E-state index contributed by atoms with van der Waals surface area (Å²) in [4.78, 5) is 38.0. The highest BCUT2D eigenvalue weighted by Crippen LogP contribution is 2.35. The van der Waals surface area contributed by atoms with Gasteiger partial charge in [0.1, 0.15) is 13.2 Å². The van der Waals surface area contributed by atoms with E-state index in [0.717, 1.165) is 5.56 Å². The van der Waals surface area contributed by atoms with Gasteiger partial charge in [0.25, 0.3) is 0 Å². The summed E-state index contributed by atoms with van der Waals surface area (Å²) < 4.78 is 5.11. The van der Waals surface area contributed by atoms with Gasteiger partial charge in [-0.2, -0.15) is 0 Å². The summed E-state index contributed by atoms with van der Waals surface area (Å²) in [6.45, 7) is 3.46. The van der Waals surface area contributed by atoms with E-state index in [-0.39, 0.29) is 25.1 Å². The molecule has 2 N–H and O–H groups in total. The number of halogens is 1. The Morgan fingerprint density at radius 1 is 1.36 bits per heavy atom. The third-order valence-corrected chi connectivity index (χ3v) is 4.20. The predicted molar refractivity (Wildman–Crippen MR) is 90.7 cm³/mol. The van der Waals surface area contributed by atoms with Crippen LogP contribution < -0.4 is 10.6 Å². The third-order valence-electron chi connectivity index (χ3n) is 3.95. The van der Waals surface area contributed by atoms with Gasteiger partial charge in [0.05, 0.1) is 17.3 Å². The van der Waals surface area contributed by atoms with Crippen LogP contribution in [-0.2, 0) is 14.3 Å². The zero-order chi connectivity index (χ0) is 18.1. The van der Waals surface area contributed by atoms with Crippen LogP contribution in [-0.4, -0.2) is 42.0 Å². The average Bonchev–Trinajstić information content (AvgIpc) is 2.92. The summed E-state index contributed by atoms with van der Waals surface area (Å²) in [6.07, 6.45) is 0. The first-order chi connectivity index (χ1) is 11.9. The van der Waals surface area contributed by atoms with Gasteiger partial charge in [-0.1, -0.05) is 23.7 Å². The van der Waals surface area contributed by atoms with Gasteiger partial charge in [-0.25, -0.2) is 9.59 Å². The summed E-state index contributed by atoms with van der Waals surface area (Å²) in [5, 5.41) is 6.05. The van der Waals surface area contributed by atoms with Crippen LogP contribution in [0.4, 0.5) is 4.79 Å². The van der Waals surface area contributed by atoms with E-state index in [0.29, 0.717) is 16.3 Å². The van der Waals surface area contributed by atoms with Crippen molar-refractivity contribution in [1.29, 1.82) is 0 Å². The topological polar surface area (TPSA) is 87.7 Å². The van der Waals surface area contributed by atoms with Gasteiger partial charge in [0, 0.05) is 11.1 Å². The minimum atomic E-state index is -0.626. The quantitative estimate of drug-likeness (QED) is 0.798. The Morgan fingerprint density at radius 2 is 2.04 bits per heavy atom. The number of ether oxygens (including phenoxy) is 1. The number of urea groups is 1. The number of rotatable bonds is 4. The van der Waals surface area contributed by atoms with Crippen molar-refractivity contribution in [3.8, 4) is 0 Å². The van der Waals surface area contributed by atoms with E-state index in [1.807, 2.05) is 13.8 Å². The van der Waals surface area contributed by atoms with Gasteiger partial charge in [-0.05, 0) is 31.5 Å². The molecule has 2 heterocycles. The van der Waals surface area contributed by atoms with Crippen LogP contribution in [0.5, 0.6) is 0 Å². The van der Waals surface area contributed by atoms with E-state index in [1.165, 1.54) is 4.90 Å². The molecule has 0 fully saturated rings. The van der Waals surface area contributed by atoms with E-state index in [4.69, 9.17) is 16.3 Å². The molecule has 0 bridgehead atoms. The maximum absolute atomic E-state index is 12.5. The molecular formula is C17H18ClN3O4. The van der Waals surface area contributed by atoms with E-state index in [2.05, 4.69) is 10.6 Å². The average molecular weight is 364 g/mol. The Bertz CT molecular complexity index is 758. The lowest BCUT2D eigenvalue weighted by atomic mass is 9.96. The zero-order valence-corrected chi connectivity index (χ0v) is 14.6. The van der Waals surface area contributed by atoms with Crippen molar-refractivity contribution in [2.45, 2.75) is 25.9 Å². The molecule has 2 aliphatic heterocycles. The molecule has 0 unspecified atom stereocenters. The number of cyclic esters (lactones) is 1. The van der Waals surface area contributed by atoms with E-state index >= 15 is 0 Å². The van der Waals surface area contributed by atoms with Gasteiger partial charge in [-0.15, -0.1) is 0 Å². The molecule has 132 valence electrons. The first kappa shape index (κ1) is 17.3. The fourth-order valence-electron chi connectivity index (χ4n) is 2.89. The number of nitrogens with zero attached hydrogens (tertiary/aromatic N) is 1. The number of carbonyl (C=O) groups is 3. The number of carbonyl (C=O) groups excluding carboxylic acids is 3. The number of nitrogens with one attached hydrogen (secondary N) is 2.